The number of hydrogen-bond donors (Lipinski definition) is 1. The normalized spacial score (nSPS) is 22.8. The Balaban J connectivity index is 1.46. The summed E-state index contributed by atoms with van der Waals surface area (Å²) in [5, 5.41) is 3.20. The molecule has 2 atom stereocenters. The molecule has 2 heterocycles. The Kier molecular flexibility index (Phi) is 5.27. The SMILES string of the molecule is O=C(NC1CCSc2c(F)cccc21)C1CCCN1Cc1ccccc1. The van der Waals surface area contributed by atoms with Crippen LogP contribution in [0.3, 0.4) is 0 Å². The molecule has 136 valence electrons. The molecule has 0 saturated carbocycles. The van der Waals surface area contributed by atoms with E-state index in [9.17, 15) is 9.18 Å². The van der Waals surface area contributed by atoms with Crippen LogP contribution in [0.4, 0.5) is 4.39 Å². The van der Waals surface area contributed by atoms with Gasteiger partial charge >= 0.3 is 0 Å². The summed E-state index contributed by atoms with van der Waals surface area (Å²) < 4.78 is 14.0. The van der Waals surface area contributed by atoms with Crippen LogP contribution in [0.15, 0.2) is 53.4 Å². The van der Waals surface area contributed by atoms with Crippen molar-refractivity contribution in [1.82, 2.24) is 10.2 Å². The van der Waals surface area contributed by atoms with E-state index in [1.807, 2.05) is 24.3 Å². The molecule has 3 nitrogen and oxygen atoms in total. The molecule has 1 fully saturated rings. The number of rotatable bonds is 4. The van der Waals surface area contributed by atoms with Gasteiger partial charge in [0.2, 0.25) is 5.91 Å². The van der Waals surface area contributed by atoms with Crippen LogP contribution in [0.5, 0.6) is 0 Å². The van der Waals surface area contributed by atoms with E-state index >= 15 is 0 Å². The number of hydrogen-bond acceptors (Lipinski definition) is 3. The number of fused-ring (bicyclic) bond motifs is 1. The molecule has 2 aliphatic rings. The van der Waals surface area contributed by atoms with Gasteiger partial charge in [0.15, 0.2) is 0 Å². The smallest absolute Gasteiger partial charge is 0.237 e. The topological polar surface area (TPSA) is 32.3 Å². The zero-order valence-corrected chi connectivity index (χ0v) is 15.5. The minimum Gasteiger partial charge on any atom is -0.348 e. The molecule has 0 radical (unpaired) electrons. The molecular formula is C21H23FN2OS. The van der Waals surface area contributed by atoms with Gasteiger partial charge in [-0.25, -0.2) is 4.39 Å². The number of thioether (sulfide) groups is 1. The Hall–Kier alpha value is -1.85. The third-order valence-corrected chi connectivity index (χ3v) is 6.40. The number of carbonyl (C=O) groups excluding carboxylic acids is 1. The summed E-state index contributed by atoms with van der Waals surface area (Å²) in [4.78, 5) is 15.9. The maximum Gasteiger partial charge on any atom is 0.237 e. The highest BCUT2D eigenvalue weighted by atomic mass is 32.2. The van der Waals surface area contributed by atoms with Crippen molar-refractivity contribution in [2.75, 3.05) is 12.3 Å². The van der Waals surface area contributed by atoms with Gasteiger partial charge in [0, 0.05) is 17.2 Å². The zero-order valence-electron chi connectivity index (χ0n) is 14.7. The van der Waals surface area contributed by atoms with Gasteiger partial charge in [-0.2, -0.15) is 0 Å². The van der Waals surface area contributed by atoms with E-state index in [2.05, 4.69) is 22.3 Å². The van der Waals surface area contributed by atoms with E-state index < -0.39 is 0 Å². The monoisotopic (exact) mass is 370 g/mol. The lowest BCUT2D eigenvalue weighted by Gasteiger charge is -2.29. The van der Waals surface area contributed by atoms with Gasteiger partial charge in [-0.05, 0) is 43.0 Å². The second-order valence-electron chi connectivity index (χ2n) is 6.97. The van der Waals surface area contributed by atoms with Crippen molar-refractivity contribution < 1.29 is 9.18 Å². The molecule has 2 aromatic rings. The van der Waals surface area contributed by atoms with Crippen molar-refractivity contribution in [1.29, 1.82) is 0 Å². The summed E-state index contributed by atoms with van der Waals surface area (Å²) in [6, 6.07) is 15.3. The van der Waals surface area contributed by atoms with Gasteiger partial charge in [0.25, 0.3) is 0 Å². The summed E-state index contributed by atoms with van der Waals surface area (Å²) in [7, 11) is 0. The number of nitrogens with zero attached hydrogens (tertiary/aromatic N) is 1. The summed E-state index contributed by atoms with van der Waals surface area (Å²) in [5.41, 5.74) is 2.15. The fourth-order valence-electron chi connectivity index (χ4n) is 3.93. The van der Waals surface area contributed by atoms with E-state index in [-0.39, 0.29) is 23.8 Å². The van der Waals surface area contributed by atoms with Crippen molar-refractivity contribution in [3.63, 3.8) is 0 Å². The van der Waals surface area contributed by atoms with Crippen LogP contribution in [0.1, 0.15) is 36.4 Å². The Morgan fingerprint density at radius 2 is 2.00 bits per heavy atom. The zero-order chi connectivity index (χ0) is 17.9. The van der Waals surface area contributed by atoms with Gasteiger partial charge < -0.3 is 5.32 Å². The number of halogens is 1. The van der Waals surface area contributed by atoms with Crippen LogP contribution < -0.4 is 5.32 Å². The molecule has 1 amide bonds. The fourth-order valence-corrected chi connectivity index (χ4v) is 5.08. The molecule has 4 rings (SSSR count). The maximum absolute atomic E-state index is 14.0. The number of nitrogens with one attached hydrogen (secondary N) is 1. The highest BCUT2D eigenvalue weighted by Crippen LogP contribution is 2.38. The minimum absolute atomic E-state index is 0.0746. The van der Waals surface area contributed by atoms with E-state index in [1.54, 1.807) is 17.8 Å². The molecule has 5 heteroatoms. The van der Waals surface area contributed by atoms with Crippen LogP contribution in [-0.4, -0.2) is 29.1 Å². The number of benzene rings is 2. The average molecular weight is 370 g/mol. The molecule has 0 aromatic heterocycles. The van der Waals surface area contributed by atoms with Crippen molar-refractivity contribution in [3.05, 3.63) is 65.5 Å². The summed E-state index contributed by atoms with van der Waals surface area (Å²) in [5.74, 6) is 0.723. The lowest BCUT2D eigenvalue weighted by Crippen LogP contribution is -2.44. The van der Waals surface area contributed by atoms with E-state index in [4.69, 9.17) is 0 Å². The van der Waals surface area contributed by atoms with Crippen molar-refractivity contribution >= 4 is 17.7 Å². The first kappa shape index (κ1) is 17.6. The number of amides is 1. The lowest BCUT2D eigenvalue weighted by molar-refractivity contribution is -0.126. The first-order chi connectivity index (χ1) is 12.7. The fraction of sp³-hybridized carbons (Fsp3) is 0.381. The Labute approximate surface area is 158 Å². The molecule has 26 heavy (non-hydrogen) atoms. The van der Waals surface area contributed by atoms with Crippen LogP contribution in [-0.2, 0) is 11.3 Å². The summed E-state index contributed by atoms with van der Waals surface area (Å²) in [6.45, 7) is 1.74. The first-order valence-corrected chi connectivity index (χ1v) is 10.2. The van der Waals surface area contributed by atoms with Gasteiger partial charge in [0.1, 0.15) is 5.82 Å². The third kappa shape index (κ3) is 3.64. The predicted molar refractivity (Wildman–Crippen MR) is 102 cm³/mol. The Morgan fingerprint density at radius 3 is 2.85 bits per heavy atom. The second-order valence-corrected chi connectivity index (χ2v) is 8.08. The molecule has 0 aliphatic carbocycles. The molecule has 2 aromatic carbocycles. The molecule has 0 spiro atoms. The van der Waals surface area contributed by atoms with Gasteiger partial charge in [-0.1, -0.05) is 42.5 Å². The van der Waals surface area contributed by atoms with Gasteiger partial charge in [-0.15, -0.1) is 11.8 Å². The Morgan fingerprint density at radius 1 is 1.15 bits per heavy atom. The predicted octanol–water partition coefficient (Wildman–Crippen LogP) is 4.14. The maximum atomic E-state index is 14.0. The number of likely N-dealkylation sites (tertiary alicyclic amines) is 1. The summed E-state index contributed by atoms with van der Waals surface area (Å²) in [6.07, 6.45) is 2.77. The minimum atomic E-state index is -0.182. The second kappa shape index (κ2) is 7.80. The largest absolute Gasteiger partial charge is 0.348 e. The molecule has 1 saturated heterocycles. The van der Waals surface area contributed by atoms with E-state index in [0.717, 1.165) is 43.7 Å². The van der Waals surface area contributed by atoms with E-state index in [0.29, 0.717) is 4.90 Å². The lowest BCUT2D eigenvalue weighted by atomic mass is 10.0. The van der Waals surface area contributed by atoms with E-state index in [1.165, 1.54) is 11.6 Å². The molecule has 1 N–H and O–H groups in total. The molecule has 2 aliphatic heterocycles. The summed E-state index contributed by atoms with van der Waals surface area (Å²) >= 11 is 1.54. The van der Waals surface area contributed by atoms with Crippen molar-refractivity contribution in [2.45, 2.75) is 42.8 Å². The number of carbonyl (C=O) groups is 1. The molecule has 0 bridgehead atoms. The van der Waals surface area contributed by atoms with Crippen LogP contribution in [0, 0.1) is 5.82 Å². The van der Waals surface area contributed by atoms with Crippen molar-refractivity contribution in [2.24, 2.45) is 0 Å². The molecule has 2 unspecified atom stereocenters. The first-order valence-electron chi connectivity index (χ1n) is 9.22. The standard InChI is InChI=1S/C21H23FN2OS/c22-17-9-4-8-16-18(11-13-26-20(16)17)23-21(25)19-10-5-12-24(19)14-15-6-2-1-3-7-15/h1-4,6-9,18-19H,5,10-14H2,(H,23,25). The quantitative estimate of drug-likeness (QED) is 0.878. The highest BCUT2D eigenvalue weighted by molar-refractivity contribution is 7.99. The third-order valence-electron chi connectivity index (χ3n) is 5.24. The Bertz CT molecular complexity index is 783. The average Bonchev–Trinajstić information content (AvgIpc) is 3.12. The highest BCUT2D eigenvalue weighted by Gasteiger charge is 2.33. The van der Waals surface area contributed by atoms with Crippen LogP contribution in [0.25, 0.3) is 0 Å². The van der Waals surface area contributed by atoms with Crippen molar-refractivity contribution in [3.8, 4) is 0 Å². The van der Waals surface area contributed by atoms with Crippen LogP contribution >= 0.6 is 11.8 Å². The van der Waals surface area contributed by atoms with Crippen LogP contribution in [0.2, 0.25) is 0 Å². The van der Waals surface area contributed by atoms with Gasteiger partial charge in [-0.3, -0.25) is 9.69 Å². The van der Waals surface area contributed by atoms with Gasteiger partial charge in [0.05, 0.1) is 12.1 Å². The molecular weight excluding hydrogens is 347 g/mol.